The second-order valence-corrected chi connectivity index (χ2v) is 6.15. The molecular formula is C15H22BrNO2. The monoisotopic (exact) mass is 327 g/mol. The van der Waals surface area contributed by atoms with Gasteiger partial charge in [0.15, 0.2) is 0 Å². The van der Waals surface area contributed by atoms with Gasteiger partial charge in [-0.1, -0.05) is 28.1 Å². The van der Waals surface area contributed by atoms with Crippen molar-refractivity contribution in [2.75, 3.05) is 19.8 Å². The lowest BCUT2D eigenvalue weighted by Gasteiger charge is -2.32. The topological polar surface area (TPSA) is 41.5 Å². The molecule has 2 atom stereocenters. The summed E-state index contributed by atoms with van der Waals surface area (Å²) in [6.07, 6.45) is 1.83. The Morgan fingerprint density at radius 2 is 1.95 bits per heavy atom. The highest BCUT2D eigenvalue weighted by molar-refractivity contribution is 9.10. The summed E-state index contributed by atoms with van der Waals surface area (Å²) in [6, 6.07) is 8.75. The highest BCUT2D eigenvalue weighted by atomic mass is 79.9. The van der Waals surface area contributed by atoms with Gasteiger partial charge < -0.3 is 15.2 Å². The smallest absolute Gasteiger partial charge is 0.0636 e. The van der Waals surface area contributed by atoms with Crippen LogP contribution >= 0.6 is 15.9 Å². The molecule has 19 heavy (non-hydrogen) atoms. The van der Waals surface area contributed by atoms with Crippen molar-refractivity contribution in [3.63, 3.8) is 0 Å². The standard InChI is InChI=1S/C15H22BrNO2/c1-11(18)10-17-15(13-6-8-19-9-7-13)12-2-4-14(16)5-3-12/h2-5,11,13,15,17-18H,6-10H2,1H3/t11-,15?/m1/s1. The minimum absolute atomic E-state index is 0.298. The number of hydrogen-bond donors (Lipinski definition) is 2. The molecule has 1 heterocycles. The van der Waals surface area contributed by atoms with Crippen molar-refractivity contribution >= 4 is 15.9 Å². The highest BCUT2D eigenvalue weighted by Gasteiger charge is 2.25. The molecule has 3 nitrogen and oxygen atoms in total. The third kappa shape index (κ3) is 4.56. The summed E-state index contributed by atoms with van der Waals surface area (Å²) in [5, 5.41) is 13.0. The number of nitrogens with one attached hydrogen (secondary N) is 1. The summed E-state index contributed by atoms with van der Waals surface area (Å²) >= 11 is 3.47. The van der Waals surface area contributed by atoms with E-state index in [1.54, 1.807) is 0 Å². The minimum Gasteiger partial charge on any atom is -0.392 e. The Balaban J connectivity index is 2.10. The minimum atomic E-state index is -0.321. The third-order valence-corrected chi connectivity index (χ3v) is 4.13. The van der Waals surface area contributed by atoms with Crippen molar-refractivity contribution in [1.82, 2.24) is 5.32 Å². The number of hydrogen-bond acceptors (Lipinski definition) is 3. The first-order chi connectivity index (χ1) is 9.16. The van der Waals surface area contributed by atoms with E-state index < -0.39 is 0 Å². The van der Waals surface area contributed by atoms with Crippen LogP contribution in [-0.2, 0) is 4.74 Å². The second-order valence-electron chi connectivity index (χ2n) is 5.24. The summed E-state index contributed by atoms with van der Waals surface area (Å²) in [4.78, 5) is 0. The normalized spacial score (nSPS) is 20.2. The Morgan fingerprint density at radius 3 is 2.53 bits per heavy atom. The predicted molar refractivity (Wildman–Crippen MR) is 80.1 cm³/mol. The lowest BCUT2D eigenvalue weighted by molar-refractivity contribution is 0.0515. The van der Waals surface area contributed by atoms with Crippen LogP contribution in [0.4, 0.5) is 0 Å². The molecule has 106 valence electrons. The van der Waals surface area contributed by atoms with E-state index in [0.29, 0.717) is 18.5 Å². The fourth-order valence-corrected chi connectivity index (χ4v) is 2.84. The van der Waals surface area contributed by atoms with Gasteiger partial charge in [0.1, 0.15) is 0 Å². The zero-order valence-corrected chi connectivity index (χ0v) is 12.9. The van der Waals surface area contributed by atoms with E-state index in [0.717, 1.165) is 30.5 Å². The van der Waals surface area contributed by atoms with Gasteiger partial charge in [-0.2, -0.15) is 0 Å². The number of ether oxygens (including phenoxy) is 1. The van der Waals surface area contributed by atoms with E-state index in [9.17, 15) is 5.11 Å². The average Bonchev–Trinajstić information content (AvgIpc) is 2.42. The first kappa shape index (κ1) is 15.0. The average molecular weight is 328 g/mol. The summed E-state index contributed by atoms with van der Waals surface area (Å²) in [5.74, 6) is 0.577. The molecule has 0 radical (unpaired) electrons. The number of aliphatic hydroxyl groups is 1. The summed E-state index contributed by atoms with van der Waals surface area (Å²) < 4.78 is 6.54. The van der Waals surface area contributed by atoms with Crippen LogP contribution in [0, 0.1) is 5.92 Å². The molecular weight excluding hydrogens is 306 g/mol. The molecule has 0 spiro atoms. The Morgan fingerprint density at radius 1 is 1.32 bits per heavy atom. The molecule has 0 aliphatic carbocycles. The van der Waals surface area contributed by atoms with E-state index >= 15 is 0 Å². The number of halogens is 1. The predicted octanol–water partition coefficient (Wildman–Crippen LogP) is 2.89. The molecule has 1 unspecified atom stereocenters. The van der Waals surface area contributed by atoms with Gasteiger partial charge in [0.2, 0.25) is 0 Å². The maximum Gasteiger partial charge on any atom is 0.0636 e. The summed E-state index contributed by atoms with van der Waals surface area (Å²) in [7, 11) is 0. The van der Waals surface area contributed by atoms with Gasteiger partial charge in [-0.25, -0.2) is 0 Å². The van der Waals surface area contributed by atoms with Crippen molar-refractivity contribution in [3.8, 4) is 0 Å². The van der Waals surface area contributed by atoms with Crippen molar-refractivity contribution in [2.24, 2.45) is 5.92 Å². The molecule has 1 aliphatic rings. The van der Waals surface area contributed by atoms with Crippen LogP contribution in [0.15, 0.2) is 28.7 Å². The molecule has 1 aromatic rings. The second kappa shape index (κ2) is 7.39. The third-order valence-electron chi connectivity index (χ3n) is 3.60. The van der Waals surface area contributed by atoms with Crippen molar-refractivity contribution in [3.05, 3.63) is 34.3 Å². The molecule has 1 saturated heterocycles. The Labute approximate surface area is 123 Å². The van der Waals surface area contributed by atoms with Crippen LogP contribution in [0.1, 0.15) is 31.4 Å². The molecule has 1 aliphatic heterocycles. The largest absolute Gasteiger partial charge is 0.392 e. The molecule has 1 fully saturated rings. The van der Waals surface area contributed by atoms with Gasteiger partial charge in [0.25, 0.3) is 0 Å². The van der Waals surface area contributed by atoms with Gasteiger partial charge >= 0.3 is 0 Å². The maximum absolute atomic E-state index is 9.50. The van der Waals surface area contributed by atoms with Crippen LogP contribution in [-0.4, -0.2) is 31.0 Å². The van der Waals surface area contributed by atoms with Crippen LogP contribution in [0.2, 0.25) is 0 Å². The SMILES string of the molecule is C[C@@H](O)CNC(c1ccc(Br)cc1)C1CCOCC1. The van der Waals surface area contributed by atoms with Gasteiger partial charge in [-0.3, -0.25) is 0 Å². The fraction of sp³-hybridized carbons (Fsp3) is 0.600. The van der Waals surface area contributed by atoms with Crippen LogP contribution < -0.4 is 5.32 Å². The van der Waals surface area contributed by atoms with Crippen molar-refractivity contribution < 1.29 is 9.84 Å². The molecule has 1 aromatic carbocycles. The zero-order valence-electron chi connectivity index (χ0n) is 11.3. The zero-order chi connectivity index (χ0) is 13.7. The quantitative estimate of drug-likeness (QED) is 0.873. The fourth-order valence-electron chi connectivity index (χ4n) is 2.57. The van der Waals surface area contributed by atoms with E-state index in [2.05, 4.69) is 45.5 Å². The molecule has 0 amide bonds. The first-order valence-corrected chi connectivity index (χ1v) is 7.71. The lowest BCUT2D eigenvalue weighted by atomic mass is 9.87. The molecule has 2 rings (SSSR count). The Hall–Kier alpha value is -0.420. The number of benzene rings is 1. The molecule has 0 saturated carbocycles. The van der Waals surface area contributed by atoms with E-state index in [-0.39, 0.29) is 6.10 Å². The van der Waals surface area contributed by atoms with Gasteiger partial charge in [0, 0.05) is 30.3 Å². The van der Waals surface area contributed by atoms with E-state index in [1.165, 1.54) is 5.56 Å². The maximum atomic E-state index is 9.50. The van der Waals surface area contributed by atoms with Crippen LogP contribution in [0.25, 0.3) is 0 Å². The molecule has 4 heteroatoms. The van der Waals surface area contributed by atoms with Crippen LogP contribution in [0.5, 0.6) is 0 Å². The number of aliphatic hydroxyl groups excluding tert-OH is 1. The molecule has 0 bridgehead atoms. The highest BCUT2D eigenvalue weighted by Crippen LogP contribution is 2.30. The van der Waals surface area contributed by atoms with E-state index in [1.807, 2.05) is 6.92 Å². The first-order valence-electron chi connectivity index (χ1n) is 6.91. The summed E-state index contributed by atoms with van der Waals surface area (Å²) in [5.41, 5.74) is 1.29. The van der Waals surface area contributed by atoms with Gasteiger partial charge in [0.05, 0.1) is 6.10 Å². The van der Waals surface area contributed by atoms with Crippen molar-refractivity contribution in [1.29, 1.82) is 0 Å². The lowest BCUT2D eigenvalue weighted by Crippen LogP contribution is -2.35. The number of rotatable bonds is 5. The Kier molecular flexibility index (Phi) is 5.82. The Bertz CT molecular complexity index is 374. The molecule has 2 N–H and O–H groups in total. The van der Waals surface area contributed by atoms with E-state index in [4.69, 9.17) is 4.74 Å². The van der Waals surface area contributed by atoms with Crippen molar-refractivity contribution in [2.45, 2.75) is 31.9 Å². The summed E-state index contributed by atoms with van der Waals surface area (Å²) in [6.45, 7) is 4.12. The van der Waals surface area contributed by atoms with Gasteiger partial charge in [-0.05, 0) is 43.4 Å². The van der Waals surface area contributed by atoms with Gasteiger partial charge in [-0.15, -0.1) is 0 Å². The molecule has 0 aromatic heterocycles. The van der Waals surface area contributed by atoms with Crippen LogP contribution in [0.3, 0.4) is 0 Å².